The maximum absolute atomic E-state index is 11.5. The number of carbonyl (C=O) groups excluding carboxylic acids is 1. The van der Waals surface area contributed by atoms with Crippen LogP contribution in [0.5, 0.6) is 0 Å². The summed E-state index contributed by atoms with van der Waals surface area (Å²) in [5.74, 6) is -0.118. The molecule has 0 aromatic carbocycles. The molecule has 0 aliphatic heterocycles. The summed E-state index contributed by atoms with van der Waals surface area (Å²) in [7, 11) is 0. The van der Waals surface area contributed by atoms with Crippen molar-refractivity contribution in [3.63, 3.8) is 0 Å². The van der Waals surface area contributed by atoms with Crippen molar-refractivity contribution >= 4 is 5.91 Å². The molecule has 16 heavy (non-hydrogen) atoms. The second-order valence-corrected chi connectivity index (χ2v) is 3.67. The van der Waals surface area contributed by atoms with Crippen molar-refractivity contribution in [1.29, 1.82) is 0 Å². The van der Waals surface area contributed by atoms with Crippen LogP contribution in [0.15, 0.2) is 18.6 Å². The van der Waals surface area contributed by atoms with E-state index >= 15 is 0 Å². The van der Waals surface area contributed by atoms with E-state index in [1.165, 1.54) is 6.33 Å². The summed E-state index contributed by atoms with van der Waals surface area (Å²) in [6, 6.07) is 1.35. The fourth-order valence-corrected chi connectivity index (χ4v) is 1.29. The summed E-state index contributed by atoms with van der Waals surface area (Å²) in [6.07, 6.45) is 5.85. The van der Waals surface area contributed by atoms with Crippen molar-refractivity contribution in [3.05, 3.63) is 24.3 Å². The molecule has 1 unspecified atom stereocenters. The van der Waals surface area contributed by atoms with E-state index in [1.807, 2.05) is 0 Å². The largest absolute Gasteiger partial charge is 0.349 e. The number of aromatic nitrogens is 2. The molecule has 0 aliphatic rings. The number of hydrogen-bond acceptors (Lipinski definition) is 4. The Hall–Kier alpha value is -1.49. The van der Waals surface area contributed by atoms with Crippen LogP contribution in [-0.4, -0.2) is 21.9 Å². The lowest BCUT2D eigenvalue weighted by Crippen LogP contribution is -2.40. The van der Waals surface area contributed by atoms with Crippen molar-refractivity contribution in [3.8, 4) is 0 Å². The molecule has 0 fully saturated rings. The van der Waals surface area contributed by atoms with E-state index in [-0.39, 0.29) is 5.91 Å². The highest BCUT2D eigenvalue weighted by Gasteiger charge is 2.11. The maximum atomic E-state index is 11.5. The van der Waals surface area contributed by atoms with Crippen LogP contribution < -0.4 is 11.1 Å². The summed E-state index contributed by atoms with van der Waals surface area (Å²) in [6.45, 7) is 2.48. The molecule has 88 valence electrons. The van der Waals surface area contributed by atoms with Gasteiger partial charge in [0.2, 0.25) is 5.91 Å². The summed E-state index contributed by atoms with van der Waals surface area (Å²) in [5.41, 5.74) is 6.51. The van der Waals surface area contributed by atoms with Crippen LogP contribution >= 0.6 is 0 Å². The highest BCUT2D eigenvalue weighted by atomic mass is 16.2. The van der Waals surface area contributed by atoms with Gasteiger partial charge in [0.15, 0.2) is 0 Å². The third kappa shape index (κ3) is 4.35. The van der Waals surface area contributed by atoms with Crippen LogP contribution in [0.1, 0.15) is 31.9 Å². The summed E-state index contributed by atoms with van der Waals surface area (Å²) < 4.78 is 0. The first-order valence-electron chi connectivity index (χ1n) is 5.52. The molecule has 0 saturated heterocycles. The molecule has 0 spiro atoms. The fraction of sp³-hybridized carbons (Fsp3) is 0.545. The lowest BCUT2D eigenvalue weighted by Gasteiger charge is -2.11. The lowest BCUT2D eigenvalue weighted by molar-refractivity contribution is -0.122. The fourth-order valence-electron chi connectivity index (χ4n) is 1.29. The normalized spacial score (nSPS) is 12.1. The van der Waals surface area contributed by atoms with Crippen molar-refractivity contribution < 1.29 is 4.79 Å². The standard InChI is InChI=1S/C11H18N4O/c1-2-3-4-10(12)11(16)14-7-9-5-6-13-8-15-9/h5-6,8,10H,2-4,7,12H2,1H3,(H,14,16). The Morgan fingerprint density at radius 2 is 2.44 bits per heavy atom. The van der Waals surface area contributed by atoms with Gasteiger partial charge in [-0.1, -0.05) is 19.8 Å². The minimum Gasteiger partial charge on any atom is -0.349 e. The third-order valence-electron chi connectivity index (χ3n) is 2.29. The van der Waals surface area contributed by atoms with E-state index in [0.29, 0.717) is 6.54 Å². The Bertz CT molecular complexity index is 315. The van der Waals surface area contributed by atoms with Crippen molar-refractivity contribution in [1.82, 2.24) is 15.3 Å². The number of amides is 1. The minimum atomic E-state index is -0.415. The predicted octanol–water partition coefficient (Wildman–Crippen LogP) is 0.610. The average molecular weight is 222 g/mol. The summed E-state index contributed by atoms with van der Waals surface area (Å²) in [5, 5.41) is 2.75. The van der Waals surface area contributed by atoms with Crippen molar-refractivity contribution in [2.45, 2.75) is 38.8 Å². The Labute approximate surface area is 95.5 Å². The Kier molecular flexibility index (Phi) is 5.42. The van der Waals surface area contributed by atoms with Crippen LogP contribution in [-0.2, 0) is 11.3 Å². The Morgan fingerprint density at radius 1 is 1.62 bits per heavy atom. The van der Waals surface area contributed by atoms with Gasteiger partial charge in [-0.2, -0.15) is 0 Å². The monoisotopic (exact) mass is 222 g/mol. The molecular formula is C11H18N4O. The van der Waals surface area contributed by atoms with Crippen LogP contribution in [0.4, 0.5) is 0 Å². The Morgan fingerprint density at radius 3 is 3.06 bits per heavy atom. The van der Waals surface area contributed by atoms with Gasteiger partial charge in [0, 0.05) is 6.20 Å². The maximum Gasteiger partial charge on any atom is 0.237 e. The SMILES string of the molecule is CCCCC(N)C(=O)NCc1ccncn1. The molecule has 1 aromatic rings. The van der Waals surface area contributed by atoms with Crippen molar-refractivity contribution in [2.75, 3.05) is 0 Å². The van der Waals surface area contributed by atoms with Gasteiger partial charge < -0.3 is 11.1 Å². The molecular weight excluding hydrogens is 204 g/mol. The number of carbonyl (C=O) groups is 1. The van der Waals surface area contributed by atoms with E-state index in [9.17, 15) is 4.79 Å². The molecule has 1 heterocycles. The summed E-state index contributed by atoms with van der Waals surface area (Å²) in [4.78, 5) is 19.3. The number of rotatable bonds is 6. The topological polar surface area (TPSA) is 80.9 Å². The molecule has 0 saturated carbocycles. The highest BCUT2D eigenvalue weighted by Crippen LogP contribution is 1.98. The first-order valence-corrected chi connectivity index (χ1v) is 5.52. The number of hydrogen-bond donors (Lipinski definition) is 2. The van der Waals surface area contributed by atoms with E-state index < -0.39 is 6.04 Å². The molecule has 1 aromatic heterocycles. The van der Waals surface area contributed by atoms with Gasteiger partial charge in [-0.15, -0.1) is 0 Å². The number of nitrogens with zero attached hydrogens (tertiary/aromatic N) is 2. The van der Waals surface area contributed by atoms with Crippen LogP contribution in [0.3, 0.4) is 0 Å². The molecule has 0 aliphatic carbocycles. The van der Waals surface area contributed by atoms with Gasteiger partial charge in [-0.3, -0.25) is 4.79 Å². The number of nitrogens with two attached hydrogens (primary N) is 1. The lowest BCUT2D eigenvalue weighted by atomic mass is 10.1. The first-order chi connectivity index (χ1) is 7.74. The zero-order chi connectivity index (χ0) is 11.8. The smallest absolute Gasteiger partial charge is 0.237 e. The van der Waals surface area contributed by atoms with E-state index in [4.69, 9.17) is 5.73 Å². The second-order valence-electron chi connectivity index (χ2n) is 3.67. The molecule has 5 heteroatoms. The Balaban J connectivity index is 2.29. The van der Waals surface area contributed by atoms with Crippen LogP contribution in [0.25, 0.3) is 0 Å². The third-order valence-corrected chi connectivity index (χ3v) is 2.29. The van der Waals surface area contributed by atoms with Gasteiger partial charge in [0.1, 0.15) is 6.33 Å². The molecule has 3 N–H and O–H groups in total. The van der Waals surface area contributed by atoms with Crippen molar-refractivity contribution in [2.24, 2.45) is 5.73 Å². The quantitative estimate of drug-likeness (QED) is 0.739. The average Bonchev–Trinajstić information content (AvgIpc) is 2.34. The molecule has 5 nitrogen and oxygen atoms in total. The molecule has 0 bridgehead atoms. The van der Waals surface area contributed by atoms with Gasteiger partial charge in [0.25, 0.3) is 0 Å². The predicted molar refractivity (Wildman–Crippen MR) is 61.4 cm³/mol. The first kappa shape index (κ1) is 12.6. The van der Waals surface area contributed by atoms with Crippen LogP contribution in [0, 0.1) is 0 Å². The minimum absolute atomic E-state index is 0.118. The molecule has 1 rings (SSSR count). The molecule has 1 atom stereocenters. The summed E-state index contributed by atoms with van der Waals surface area (Å²) >= 11 is 0. The van der Waals surface area contributed by atoms with Crippen LogP contribution in [0.2, 0.25) is 0 Å². The van der Waals surface area contributed by atoms with E-state index in [1.54, 1.807) is 12.3 Å². The zero-order valence-electron chi connectivity index (χ0n) is 9.52. The van der Waals surface area contributed by atoms with E-state index in [0.717, 1.165) is 25.0 Å². The second kappa shape index (κ2) is 6.90. The zero-order valence-corrected chi connectivity index (χ0v) is 9.52. The molecule has 1 amide bonds. The number of unbranched alkanes of at least 4 members (excludes halogenated alkanes) is 1. The number of nitrogens with one attached hydrogen (secondary N) is 1. The van der Waals surface area contributed by atoms with Gasteiger partial charge in [0.05, 0.1) is 18.3 Å². The van der Waals surface area contributed by atoms with Gasteiger partial charge in [-0.25, -0.2) is 9.97 Å². The highest BCUT2D eigenvalue weighted by molar-refractivity contribution is 5.81. The van der Waals surface area contributed by atoms with E-state index in [2.05, 4.69) is 22.2 Å². The van der Waals surface area contributed by atoms with Gasteiger partial charge in [-0.05, 0) is 12.5 Å². The molecule has 0 radical (unpaired) electrons. The van der Waals surface area contributed by atoms with Gasteiger partial charge >= 0.3 is 0 Å².